The lowest BCUT2D eigenvalue weighted by molar-refractivity contribution is -0.136. The second-order valence-electron chi connectivity index (χ2n) is 9.63. The van der Waals surface area contributed by atoms with Crippen molar-refractivity contribution in [3.05, 3.63) is 65.9 Å². The van der Waals surface area contributed by atoms with Gasteiger partial charge >= 0.3 is 5.97 Å². The highest BCUT2D eigenvalue weighted by molar-refractivity contribution is 7.19. The van der Waals surface area contributed by atoms with Crippen molar-refractivity contribution >= 4 is 17.3 Å². The minimum absolute atomic E-state index is 0.0148. The average Bonchev–Trinajstić information content (AvgIpc) is 3.42. The van der Waals surface area contributed by atoms with Gasteiger partial charge in [0.05, 0.1) is 36.9 Å². The summed E-state index contributed by atoms with van der Waals surface area (Å²) in [5.74, 6) is 0.729. The Hall–Kier alpha value is -3.58. The maximum atomic E-state index is 11.5. The highest BCUT2D eigenvalue weighted by Gasteiger charge is 2.24. The lowest BCUT2D eigenvalue weighted by atomic mass is 9.86. The number of nitrogens with one attached hydrogen (secondary N) is 1. The zero-order valence-corrected chi connectivity index (χ0v) is 21.5. The highest BCUT2D eigenvalue weighted by atomic mass is 32.1. The molecule has 6 nitrogen and oxygen atoms in total. The molecule has 2 heterocycles. The number of aromatic amines is 1. The molecule has 0 saturated heterocycles. The van der Waals surface area contributed by atoms with Crippen LogP contribution in [0.2, 0.25) is 0 Å². The van der Waals surface area contributed by atoms with Crippen molar-refractivity contribution in [2.24, 2.45) is 5.41 Å². The lowest BCUT2D eigenvalue weighted by Gasteiger charge is -2.19. The molecule has 0 unspecified atom stereocenters. The minimum Gasteiger partial charge on any atom is -0.497 e. The third-order valence-corrected chi connectivity index (χ3v) is 6.81. The van der Waals surface area contributed by atoms with Gasteiger partial charge in [0.2, 0.25) is 0 Å². The topological polar surface area (TPSA) is 84.4 Å². The molecule has 0 saturated carbocycles. The molecule has 0 aliphatic rings. The standard InChI is InChI=1S/C28H30N2O4S/c1-28(2,3)15-22-19(14-23(31)32)16-29-25(22)27-30-24(17-6-10-20(33-4)11-7-17)26(35-27)18-8-12-21(34-5)13-9-18/h6-13,16,29H,14-15H2,1-5H3,(H,31,32). The first-order chi connectivity index (χ1) is 16.7. The summed E-state index contributed by atoms with van der Waals surface area (Å²) in [6.07, 6.45) is 2.53. The van der Waals surface area contributed by atoms with Crippen LogP contribution in [0.25, 0.3) is 32.4 Å². The van der Waals surface area contributed by atoms with Gasteiger partial charge in [-0.25, -0.2) is 4.98 Å². The number of rotatable bonds is 8. The highest BCUT2D eigenvalue weighted by Crippen LogP contribution is 2.43. The number of hydrogen-bond acceptors (Lipinski definition) is 5. The Bertz CT molecular complexity index is 1250. The van der Waals surface area contributed by atoms with Gasteiger partial charge in [-0.05, 0) is 77.1 Å². The third kappa shape index (κ3) is 5.57. The van der Waals surface area contributed by atoms with E-state index in [1.165, 1.54) is 0 Å². The Morgan fingerprint density at radius 2 is 1.54 bits per heavy atom. The summed E-state index contributed by atoms with van der Waals surface area (Å²) >= 11 is 1.59. The van der Waals surface area contributed by atoms with Crippen molar-refractivity contribution in [1.82, 2.24) is 9.97 Å². The molecular weight excluding hydrogens is 460 g/mol. The van der Waals surface area contributed by atoms with Gasteiger partial charge in [-0.15, -0.1) is 11.3 Å². The van der Waals surface area contributed by atoms with Crippen LogP contribution in [-0.4, -0.2) is 35.3 Å². The van der Waals surface area contributed by atoms with Crippen molar-refractivity contribution in [1.29, 1.82) is 0 Å². The van der Waals surface area contributed by atoms with Crippen LogP contribution in [0.15, 0.2) is 54.7 Å². The molecule has 0 amide bonds. The van der Waals surface area contributed by atoms with E-state index in [0.717, 1.165) is 61.4 Å². The monoisotopic (exact) mass is 490 g/mol. The van der Waals surface area contributed by atoms with Gasteiger partial charge in [0.15, 0.2) is 0 Å². The molecular formula is C28H30N2O4S. The van der Waals surface area contributed by atoms with E-state index in [4.69, 9.17) is 14.5 Å². The molecule has 2 aromatic carbocycles. The Kier molecular flexibility index (Phi) is 6.98. The van der Waals surface area contributed by atoms with Gasteiger partial charge in [0, 0.05) is 11.8 Å². The summed E-state index contributed by atoms with van der Waals surface area (Å²) in [5, 5.41) is 10.3. The fraction of sp³-hybridized carbons (Fsp3) is 0.286. The number of nitrogens with zero attached hydrogens (tertiary/aromatic N) is 1. The van der Waals surface area contributed by atoms with Gasteiger partial charge < -0.3 is 19.6 Å². The maximum Gasteiger partial charge on any atom is 0.307 e. The van der Waals surface area contributed by atoms with Crippen LogP contribution in [0.1, 0.15) is 31.9 Å². The number of ether oxygens (including phenoxy) is 2. The minimum atomic E-state index is -0.845. The van der Waals surface area contributed by atoms with E-state index in [2.05, 4.69) is 25.8 Å². The molecule has 4 aromatic rings. The number of carboxylic acid groups (broad SMARTS) is 1. The van der Waals surface area contributed by atoms with Crippen LogP contribution >= 0.6 is 11.3 Å². The van der Waals surface area contributed by atoms with Crippen LogP contribution in [0.5, 0.6) is 11.5 Å². The van der Waals surface area contributed by atoms with Crippen LogP contribution < -0.4 is 9.47 Å². The van der Waals surface area contributed by atoms with Gasteiger partial charge in [0.25, 0.3) is 0 Å². The number of carboxylic acids is 1. The second kappa shape index (κ2) is 9.96. The van der Waals surface area contributed by atoms with Gasteiger partial charge in [-0.1, -0.05) is 20.8 Å². The Balaban J connectivity index is 1.88. The SMILES string of the molecule is COc1ccc(-c2nc(-c3[nH]cc(CC(=O)O)c3CC(C)(C)C)sc2-c2ccc(OC)cc2)cc1. The number of H-pyrrole nitrogens is 1. The number of hydrogen-bond donors (Lipinski definition) is 2. The fourth-order valence-electron chi connectivity index (χ4n) is 4.05. The first-order valence-electron chi connectivity index (χ1n) is 11.4. The summed E-state index contributed by atoms with van der Waals surface area (Å²) in [4.78, 5) is 21.0. The number of methoxy groups -OCH3 is 2. The molecule has 0 atom stereocenters. The number of carbonyl (C=O) groups is 1. The average molecular weight is 491 g/mol. The fourth-order valence-corrected chi connectivity index (χ4v) is 5.18. The molecule has 35 heavy (non-hydrogen) atoms. The molecule has 4 rings (SSSR count). The summed E-state index contributed by atoms with van der Waals surface area (Å²) < 4.78 is 10.7. The number of aromatic nitrogens is 2. The summed E-state index contributed by atoms with van der Waals surface area (Å²) in [5.41, 5.74) is 5.57. The predicted molar refractivity (Wildman–Crippen MR) is 140 cm³/mol. The van der Waals surface area contributed by atoms with Gasteiger partial charge in [-0.3, -0.25) is 4.79 Å². The number of benzene rings is 2. The van der Waals surface area contributed by atoms with E-state index in [1.807, 2.05) is 54.7 Å². The Morgan fingerprint density at radius 1 is 0.971 bits per heavy atom. The van der Waals surface area contributed by atoms with Crippen molar-refractivity contribution in [2.75, 3.05) is 14.2 Å². The molecule has 0 aliphatic carbocycles. The zero-order valence-electron chi connectivity index (χ0n) is 20.6. The molecule has 0 fully saturated rings. The second-order valence-corrected chi connectivity index (χ2v) is 10.6. The third-order valence-electron chi connectivity index (χ3n) is 5.69. The molecule has 0 bridgehead atoms. The van der Waals surface area contributed by atoms with Gasteiger partial charge in [0.1, 0.15) is 16.5 Å². The summed E-state index contributed by atoms with van der Waals surface area (Å²) in [6.45, 7) is 6.46. The van der Waals surface area contributed by atoms with Crippen molar-refractivity contribution < 1.29 is 19.4 Å². The smallest absolute Gasteiger partial charge is 0.307 e. The quantitative estimate of drug-likeness (QED) is 0.287. The van der Waals surface area contributed by atoms with Crippen molar-refractivity contribution in [3.63, 3.8) is 0 Å². The number of aliphatic carboxylic acids is 1. The molecule has 2 N–H and O–H groups in total. The zero-order chi connectivity index (χ0) is 25.2. The predicted octanol–water partition coefficient (Wildman–Crippen LogP) is 6.71. The van der Waals surface area contributed by atoms with E-state index in [1.54, 1.807) is 25.6 Å². The van der Waals surface area contributed by atoms with E-state index >= 15 is 0 Å². The molecule has 2 aromatic heterocycles. The Morgan fingerprint density at radius 3 is 2.06 bits per heavy atom. The molecule has 182 valence electrons. The molecule has 0 spiro atoms. The molecule has 0 radical (unpaired) electrons. The van der Waals surface area contributed by atoms with E-state index in [9.17, 15) is 9.90 Å². The van der Waals surface area contributed by atoms with Crippen LogP contribution in [0, 0.1) is 5.41 Å². The van der Waals surface area contributed by atoms with E-state index < -0.39 is 5.97 Å². The summed E-state index contributed by atoms with van der Waals surface area (Å²) in [7, 11) is 3.30. The molecule has 7 heteroatoms. The maximum absolute atomic E-state index is 11.5. The van der Waals surface area contributed by atoms with E-state index in [0.29, 0.717) is 0 Å². The molecule has 0 aliphatic heterocycles. The largest absolute Gasteiger partial charge is 0.497 e. The van der Waals surface area contributed by atoms with E-state index in [-0.39, 0.29) is 11.8 Å². The Labute approximate surface area is 209 Å². The van der Waals surface area contributed by atoms with Crippen LogP contribution in [0.4, 0.5) is 0 Å². The van der Waals surface area contributed by atoms with Crippen LogP contribution in [-0.2, 0) is 17.6 Å². The van der Waals surface area contributed by atoms with Crippen molar-refractivity contribution in [3.8, 4) is 43.9 Å². The first kappa shape index (κ1) is 24.5. The summed E-state index contributed by atoms with van der Waals surface area (Å²) in [6, 6.07) is 15.8. The van der Waals surface area contributed by atoms with Gasteiger partial charge in [-0.2, -0.15) is 0 Å². The lowest BCUT2D eigenvalue weighted by Crippen LogP contribution is -2.12. The number of thiazole rings is 1. The van der Waals surface area contributed by atoms with Crippen LogP contribution in [0.3, 0.4) is 0 Å². The first-order valence-corrected chi connectivity index (χ1v) is 12.2. The normalized spacial score (nSPS) is 11.5. The van der Waals surface area contributed by atoms with Crippen molar-refractivity contribution in [2.45, 2.75) is 33.6 Å².